The first-order valence-electron chi connectivity index (χ1n) is 10.3. The number of aromatic nitrogens is 4. The molecule has 13 nitrogen and oxygen atoms in total. The Morgan fingerprint density at radius 3 is 2.82 bits per heavy atom. The summed E-state index contributed by atoms with van der Waals surface area (Å²) in [5.74, 6) is -0.762. The Labute approximate surface area is 207 Å². The summed E-state index contributed by atoms with van der Waals surface area (Å²) in [6, 6.07) is -0.784. The Balaban J connectivity index is 1.40. The van der Waals surface area contributed by atoms with E-state index in [1.807, 2.05) is 19.0 Å². The molecule has 2 atom stereocenters. The van der Waals surface area contributed by atoms with Crippen molar-refractivity contribution in [2.45, 2.75) is 29.5 Å². The molecule has 4 heterocycles. The number of aliphatic imine (C=N–C) groups is 1. The van der Waals surface area contributed by atoms with Crippen LogP contribution in [0.25, 0.3) is 0 Å². The minimum absolute atomic E-state index is 0.0165. The number of fused-ring (bicyclic) bond motifs is 1. The van der Waals surface area contributed by atoms with Gasteiger partial charge in [0.2, 0.25) is 11.1 Å². The van der Waals surface area contributed by atoms with Crippen molar-refractivity contribution in [1.82, 2.24) is 35.3 Å². The summed E-state index contributed by atoms with van der Waals surface area (Å²) in [6.45, 7) is 1.35. The first-order chi connectivity index (χ1) is 16.2. The van der Waals surface area contributed by atoms with Gasteiger partial charge in [-0.05, 0) is 30.1 Å². The van der Waals surface area contributed by atoms with E-state index in [1.165, 1.54) is 40.2 Å². The van der Waals surface area contributed by atoms with Crippen LogP contribution in [0, 0.1) is 5.41 Å². The number of likely N-dealkylation sites (N-methyl/N-ethyl adjacent to an activating group) is 1. The summed E-state index contributed by atoms with van der Waals surface area (Å²) >= 11 is 3.99. The van der Waals surface area contributed by atoms with E-state index >= 15 is 0 Å². The van der Waals surface area contributed by atoms with Crippen molar-refractivity contribution in [3.05, 3.63) is 11.3 Å². The predicted octanol–water partition coefficient (Wildman–Crippen LogP) is -0.422. The normalized spacial score (nSPS) is 22.1. The van der Waals surface area contributed by atoms with Gasteiger partial charge in [0.15, 0.2) is 5.17 Å². The predicted molar refractivity (Wildman–Crippen MR) is 129 cm³/mol. The maximum absolute atomic E-state index is 12.8. The summed E-state index contributed by atoms with van der Waals surface area (Å²) in [4.78, 5) is 44.5. The van der Waals surface area contributed by atoms with Gasteiger partial charge < -0.3 is 15.3 Å². The molecule has 34 heavy (non-hydrogen) atoms. The van der Waals surface area contributed by atoms with Gasteiger partial charge >= 0.3 is 5.97 Å². The Morgan fingerprint density at radius 1 is 1.35 bits per heavy atom. The number of thioether (sulfide) groups is 3. The smallest absolute Gasteiger partial charge is 0.352 e. The average molecular weight is 526 g/mol. The molecule has 3 N–H and O–H groups in total. The van der Waals surface area contributed by atoms with Gasteiger partial charge in [-0.1, -0.05) is 23.5 Å². The quantitative estimate of drug-likeness (QED) is 0.268. The van der Waals surface area contributed by atoms with Crippen LogP contribution in [0.2, 0.25) is 0 Å². The van der Waals surface area contributed by atoms with Gasteiger partial charge in [-0.15, -0.1) is 16.9 Å². The van der Waals surface area contributed by atoms with Gasteiger partial charge in [-0.25, -0.2) is 14.5 Å². The van der Waals surface area contributed by atoms with Crippen LogP contribution in [-0.2, 0) is 20.9 Å². The van der Waals surface area contributed by atoms with Crippen molar-refractivity contribution in [3.63, 3.8) is 0 Å². The zero-order valence-corrected chi connectivity index (χ0v) is 20.9. The third-order valence-corrected chi connectivity index (χ3v) is 8.42. The number of amidine groups is 1. The number of aliphatic carboxylic acids is 1. The molecular formula is C18H23N9O4S3. The van der Waals surface area contributed by atoms with E-state index in [1.54, 1.807) is 4.68 Å². The second kappa shape index (κ2) is 10.5. The van der Waals surface area contributed by atoms with Crippen LogP contribution in [0.15, 0.2) is 21.4 Å². The minimum Gasteiger partial charge on any atom is -0.477 e. The van der Waals surface area contributed by atoms with Crippen LogP contribution < -0.4 is 5.32 Å². The van der Waals surface area contributed by atoms with Crippen molar-refractivity contribution in [2.75, 3.05) is 37.9 Å². The van der Waals surface area contributed by atoms with Crippen molar-refractivity contribution >= 4 is 63.9 Å². The largest absolute Gasteiger partial charge is 0.477 e. The van der Waals surface area contributed by atoms with Gasteiger partial charge in [-0.2, -0.15) is 0 Å². The molecule has 1 fully saturated rings. The number of rotatable bonds is 10. The van der Waals surface area contributed by atoms with Gasteiger partial charge in [0.25, 0.3) is 5.91 Å². The fraction of sp³-hybridized carbons (Fsp3) is 0.556. The first kappa shape index (κ1) is 24.7. The highest BCUT2D eigenvalue weighted by Gasteiger charge is 2.54. The number of carboxylic acid groups (broad SMARTS) is 1. The van der Waals surface area contributed by atoms with E-state index in [9.17, 15) is 19.5 Å². The molecule has 0 radical (unpaired) electrons. The van der Waals surface area contributed by atoms with Crippen molar-refractivity contribution in [3.8, 4) is 0 Å². The summed E-state index contributed by atoms with van der Waals surface area (Å²) < 4.78 is 1.67. The topological polar surface area (TPSA) is 170 Å². The van der Waals surface area contributed by atoms with Crippen molar-refractivity contribution in [1.29, 1.82) is 5.41 Å². The second-order valence-electron chi connectivity index (χ2n) is 7.94. The number of nitrogens with one attached hydrogen (secondary N) is 2. The maximum Gasteiger partial charge on any atom is 0.352 e. The highest BCUT2D eigenvalue weighted by atomic mass is 32.2. The highest BCUT2D eigenvalue weighted by Crippen LogP contribution is 2.41. The summed E-state index contributed by atoms with van der Waals surface area (Å²) in [5.41, 5.74) is 1.16. The number of tetrazole rings is 1. The molecule has 3 aliphatic rings. The monoisotopic (exact) mass is 525 g/mol. The third kappa shape index (κ3) is 5.29. The van der Waals surface area contributed by atoms with Gasteiger partial charge in [-0.3, -0.25) is 19.9 Å². The molecule has 0 aromatic carbocycles. The van der Waals surface area contributed by atoms with E-state index in [0.717, 1.165) is 6.54 Å². The Hall–Kier alpha value is -2.43. The molecule has 0 bridgehead atoms. The molecule has 1 aromatic heterocycles. The number of nitrogens with zero attached hydrogens (tertiary/aromatic N) is 7. The molecule has 4 rings (SSSR count). The standard InChI is InChI=1S/C18H23N9O4S3/c1-25(2)3-4-26-18(22-23-24-26)34-7-9-6-32-15-12(14(29)27(15)13(9)16(30)31)21-11(28)5-10-8-33-17(19)20-10/h12,15,19H,3-8H2,1-2H3,(H,21,28)(H,30,31)/t12-,15+/m1/s1. The lowest BCUT2D eigenvalue weighted by molar-refractivity contribution is -0.150. The van der Waals surface area contributed by atoms with Crippen LogP contribution in [0.4, 0.5) is 0 Å². The minimum atomic E-state index is -1.18. The van der Waals surface area contributed by atoms with Gasteiger partial charge in [0.05, 0.1) is 13.0 Å². The zero-order valence-electron chi connectivity index (χ0n) is 18.4. The molecule has 1 aromatic rings. The van der Waals surface area contributed by atoms with Gasteiger partial charge in [0.1, 0.15) is 17.1 Å². The SMILES string of the molecule is CN(C)CCn1nnnc1SCC1=C(C(=O)O)N2C(=O)[C@@H](NC(=O)CC3=NC(=N)SC3)[C@@H]2SC1. The lowest BCUT2D eigenvalue weighted by atomic mass is 10.0. The van der Waals surface area contributed by atoms with E-state index in [-0.39, 0.29) is 23.2 Å². The Kier molecular flexibility index (Phi) is 7.59. The molecule has 16 heteroatoms. The average Bonchev–Trinajstić information content (AvgIpc) is 3.41. The lowest BCUT2D eigenvalue weighted by Gasteiger charge is -2.49. The van der Waals surface area contributed by atoms with Crippen LogP contribution in [0.5, 0.6) is 0 Å². The second-order valence-corrected chi connectivity index (χ2v) is 10.9. The zero-order chi connectivity index (χ0) is 24.4. The highest BCUT2D eigenvalue weighted by molar-refractivity contribution is 8.14. The molecule has 0 unspecified atom stereocenters. The Morgan fingerprint density at radius 2 is 2.15 bits per heavy atom. The number of β-lactam (4-membered cyclic amide) rings is 1. The molecule has 3 aliphatic heterocycles. The molecule has 0 aliphatic carbocycles. The fourth-order valence-electron chi connectivity index (χ4n) is 3.54. The fourth-order valence-corrected chi connectivity index (χ4v) is 6.59. The lowest BCUT2D eigenvalue weighted by Crippen LogP contribution is -2.70. The number of carboxylic acids is 1. The molecule has 2 amide bonds. The van der Waals surface area contributed by atoms with Crippen molar-refractivity contribution < 1.29 is 19.5 Å². The summed E-state index contributed by atoms with van der Waals surface area (Å²) in [7, 11) is 3.90. The van der Waals surface area contributed by atoms with Gasteiger partial charge in [0, 0.05) is 29.5 Å². The van der Waals surface area contributed by atoms with E-state index in [2.05, 4.69) is 25.8 Å². The van der Waals surface area contributed by atoms with E-state index in [0.29, 0.717) is 40.2 Å². The number of hydrogen-bond donors (Lipinski definition) is 3. The summed E-state index contributed by atoms with van der Waals surface area (Å²) in [5, 5.41) is 32.0. The summed E-state index contributed by atoms with van der Waals surface area (Å²) in [6.07, 6.45) is 0.0165. The first-order valence-corrected chi connectivity index (χ1v) is 13.3. The molecule has 1 saturated heterocycles. The van der Waals surface area contributed by atoms with Crippen LogP contribution in [0.1, 0.15) is 6.42 Å². The third-order valence-electron chi connectivity index (χ3n) is 5.20. The van der Waals surface area contributed by atoms with E-state index in [4.69, 9.17) is 5.41 Å². The molecule has 0 saturated carbocycles. The number of hydrogen-bond acceptors (Lipinski definition) is 11. The number of amides is 2. The maximum atomic E-state index is 12.8. The van der Waals surface area contributed by atoms with Crippen LogP contribution in [0.3, 0.4) is 0 Å². The Bertz CT molecular complexity index is 1090. The number of carbonyl (C=O) groups excluding carboxylic acids is 2. The molecular weight excluding hydrogens is 502 g/mol. The molecule has 0 spiro atoms. The van der Waals surface area contributed by atoms with Crippen molar-refractivity contribution in [2.24, 2.45) is 4.99 Å². The number of carbonyl (C=O) groups is 3. The van der Waals surface area contributed by atoms with Crippen LogP contribution >= 0.6 is 35.3 Å². The van der Waals surface area contributed by atoms with E-state index < -0.39 is 23.3 Å². The van der Waals surface area contributed by atoms with Crippen LogP contribution in [-0.4, -0.2) is 113 Å². The molecule has 182 valence electrons.